The summed E-state index contributed by atoms with van der Waals surface area (Å²) in [6.07, 6.45) is 1.78. The molecule has 1 atom stereocenters. The SMILES string of the molecule is CCOC(=O)C1=C(C)N=c2s/c(=C\c3ccc(C)c(OC)c3)c(=O)n2[C@H]1c1cccc(Cl)c1Cl. The molecule has 0 bridgehead atoms. The van der Waals surface area contributed by atoms with Crippen LogP contribution in [-0.4, -0.2) is 24.3 Å². The first kappa shape index (κ1) is 24.3. The molecule has 1 aliphatic heterocycles. The minimum absolute atomic E-state index is 0.186. The molecule has 0 radical (unpaired) electrons. The first-order valence-corrected chi connectivity index (χ1v) is 12.1. The normalized spacial score (nSPS) is 15.7. The summed E-state index contributed by atoms with van der Waals surface area (Å²) in [5, 5.41) is 0.592. The van der Waals surface area contributed by atoms with Gasteiger partial charge in [-0.25, -0.2) is 9.79 Å². The van der Waals surface area contributed by atoms with Crippen molar-refractivity contribution in [3.8, 4) is 5.75 Å². The number of carbonyl (C=O) groups is 1. The molecule has 0 spiro atoms. The number of hydrogen-bond acceptors (Lipinski definition) is 6. The number of carbonyl (C=O) groups excluding carboxylic acids is 1. The number of aryl methyl sites for hydroxylation is 1. The van der Waals surface area contributed by atoms with E-state index in [0.29, 0.717) is 25.6 Å². The first-order chi connectivity index (χ1) is 16.3. The summed E-state index contributed by atoms with van der Waals surface area (Å²) in [5.41, 5.74) is 2.75. The highest BCUT2D eigenvalue weighted by Gasteiger charge is 2.34. The summed E-state index contributed by atoms with van der Waals surface area (Å²) < 4.78 is 12.7. The minimum Gasteiger partial charge on any atom is -0.496 e. The fourth-order valence-corrected chi connectivity index (χ4v) is 5.35. The van der Waals surface area contributed by atoms with Crippen LogP contribution >= 0.6 is 34.5 Å². The van der Waals surface area contributed by atoms with Gasteiger partial charge in [-0.1, -0.05) is 58.8 Å². The van der Waals surface area contributed by atoms with Crippen LogP contribution in [0.1, 0.15) is 36.6 Å². The molecule has 0 fully saturated rings. The van der Waals surface area contributed by atoms with E-state index in [1.165, 1.54) is 15.9 Å². The van der Waals surface area contributed by atoms with Crippen molar-refractivity contribution < 1.29 is 14.3 Å². The van der Waals surface area contributed by atoms with Crippen LogP contribution in [0.5, 0.6) is 5.75 Å². The number of halogens is 2. The van der Waals surface area contributed by atoms with Gasteiger partial charge < -0.3 is 9.47 Å². The number of ether oxygens (including phenoxy) is 2. The predicted octanol–water partition coefficient (Wildman–Crippen LogP) is 4.42. The molecule has 4 rings (SSSR count). The Morgan fingerprint density at radius 3 is 2.71 bits per heavy atom. The third-order valence-corrected chi connectivity index (χ3v) is 7.34. The molecule has 0 saturated carbocycles. The zero-order chi connectivity index (χ0) is 24.6. The van der Waals surface area contributed by atoms with Crippen molar-refractivity contribution in [2.75, 3.05) is 13.7 Å². The average molecular weight is 517 g/mol. The maximum Gasteiger partial charge on any atom is 0.338 e. The smallest absolute Gasteiger partial charge is 0.338 e. The molecule has 1 aliphatic rings. The Morgan fingerprint density at radius 1 is 1.24 bits per heavy atom. The second-order valence-corrected chi connectivity index (χ2v) is 9.47. The first-order valence-electron chi connectivity index (χ1n) is 10.5. The summed E-state index contributed by atoms with van der Waals surface area (Å²) in [6, 6.07) is 10.0. The molecule has 2 aromatic carbocycles. The number of thiazole rings is 1. The maximum absolute atomic E-state index is 13.7. The minimum atomic E-state index is -0.823. The van der Waals surface area contributed by atoms with Crippen LogP contribution in [0.15, 0.2) is 57.5 Å². The Bertz CT molecular complexity index is 1500. The van der Waals surface area contributed by atoms with Crippen molar-refractivity contribution in [1.82, 2.24) is 4.57 Å². The summed E-state index contributed by atoms with van der Waals surface area (Å²) in [4.78, 5) is 31.6. The molecule has 2 heterocycles. The second-order valence-electron chi connectivity index (χ2n) is 7.67. The number of hydrogen-bond donors (Lipinski definition) is 0. The number of allylic oxidation sites excluding steroid dienone is 1. The van der Waals surface area contributed by atoms with Crippen LogP contribution in [-0.2, 0) is 9.53 Å². The highest BCUT2D eigenvalue weighted by Crippen LogP contribution is 2.37. The van der Waals surface area contributed by atoms with Crippen molar-refractivity contribution in [3.63, 3.8) is 0 Å². The molecule has 6 nitrogen and oxygen atoms in total. The zero-order valence-electron chi connectivity index (χ0n) is 19.0. The van der Waals surface area contributed by atoms with E-state index in [4.69, 9.17) is 32.7 Å². The quantitative estimate of drug-likeness (QED) is 0.470. The Labute approximate surface area is 210 Å². The summed E-state index contributed by atoms with van der Waals surface area (Å²) in [6.45, 7) is 5.58. The molecule has 0 saturated heterocycles. The lowest BCUT2D eigenvalue weighted by Crippen LogP contribution is -2.40. The van der Waals surface area contributed by atoms with Crippen LogP contribution in [0, 0.1) is 6.92 Å². The highest BCUT2D eigenvalue weighted by molar-refractivity contribution is 7.07. The van der Waals surface area contributed by atoms with Crippen LogP contribution in [0.2, 0.25) is 10.0 Å². The van der Waals surface area contributed by atoms with Crippen molar-refractivity contribution in [1.29, 1.82) is 0 Å². The zero-order valence-corrected chi connectivity index (χ0v) is 21.3. The molecule has 0 unspecified atom stereocenters. The molecule has 34 heavy (non-hydrogen) atoms. The number of rotatable bonds is 5. The number of aromatic nitrogens is 1. The summed E-state index contributed by atoms with van der Waals surface area (Å²) in [5.74, 6) is 0.174. The van der Waals surface area contributed by atoms with Crippen molar-refractivity contribution in [3.05, 3.63) is 94.1 Å². The Hall–Kier alpha value is -2.87. The van der Waals surface area contributed by atoms with Crippen molar-refractivity contribution in [2.24, 2.45) is 4.99 Å². The molecule has 176 valence electrons. The number of esters is 1. The van der Waals surface area contributed by atoms with Gasteiger partial charge in [0.2, 0.25) is 0 Å². The van der Waals surface area contributed by atoms with Gasteiger partial charge in [0, 0.05) is 5.56 Å². The highest BCUT2D eigenvalue weighted by atomic mass is 35.5. The third kappa shape index (κ3) is 4.31. The lowest BCUT2D eigenvalue weighted by molar-refractivity contribution is -0.139. The van der Waals surface area contributed by atoms with Crippen LogP contribution in [0.3, 0.4) is 0 Å². The van der Waals surface area contributed by atoms with E-state index in [2.05, 4.69) is 4.99 Å². The monoisotopic (exact) mass is 516 g/mol. The molecular formula is C25H22Cl2N2O4S. The number of nitrogens with zero attached hydrogens (tertiary/aromatic N) is 2. The van der Waals surface area contributed by atoms with Crippen molar-refractivity contribution in [2.45, 2.75) is 26.8 Å². The molecule has 9 heteroatoms. The Balaban J connectivity index is 1.98. The van der Waals surface area contributed by atoms with Gasteiger partial charge in [0.15, 0.2) is 4.80 Å². The van der Waals surface area contributed by atoms with Gasteiger partial charge in [0.1, 0.15) is 11.8 Å². The summed E-state index contributed by atoms with van der Waals surface area (Å²) in [7, 11) is 1.61. The molecule has 3 aromatic rings. The van der Waals surface area contributed by atoms with Gasteiger partial charge in [0.05, 0.1) is 39.6 Å². The fourth-order valence-electron chi connectivity index (χ4n) is 3.90. The molecule has 0 aliphatic carbocycles. The lowest BCUT2D eigenvalue weighted by Gasteiger charge is -2.25. The number of benzene rings is 2. The predicted molar refractivity (Wildman–Crippen MR) is 135 cm³/mol. The van der Waals surface area contributed by atoms with Crippen LogP contribution < -0.4 is 19.6 Å². The molecule has 0 N–H and O–H groups in total. The number of methoxy groups -OCH3 is 1. The van der Waals surface area contributed by atoms with Crippen molar-refractivity contribution >= 4 is 46.6 Å². The van der Waals surface area contributed by atoms with Crippen LogP contribution in [0.25, 0.3) is 6.08 Å². The third-order valence-electron chi connectivity index (χ3n) is 5.52. The standard InChI is InChI=1S/C25H22Cl2N2O4S/c1-5-33-24(31)20-14(3)28-25-29(22(20)16-7-6-8-17(26)21(16)27)23(30)19(34-25)12-15-10-9-13(2)18(11-15)32-4/h6-12,22H,5H2,1-4H3/b19-12-/t22-/m0/s1. The van der Waals surface area contributed by atoms with Gasteiger partial charge in [-0.2, -0.15) is 0 Å². The molecular weight excluding hydrogens is 495 g/mol. The Kier molecular flexibility index (Phi) is 6.98. The molecule has 0 amide bonds. The van der Waals surface area contributed by atoms with Gasteiger partial charge in [-0.3, -0.25) is 9.36 Å². The fraction of sp³-hybridized carbons (Fsp3) is 0.240. The summed E-state index contributed by atoms with van der Waals surface area (Å²) >= 11 is 14.1. The Morgan fingerprint density at radius 2 is 2.00 bits per heavy atom. The van der Waals surface area contributed by atoms with E-state index in [9.17, 15) is 9.59 Å². The second kappa shape index (κ2) is 9.78. The van der Waals surface area contributed by atoms with Gasteiger partial charge in [-0.05, 0) is 50.1 Å². The van der Waals surface area contributed by atoms with Crippen LogP contribution in [0.4, 0.5) is 0 Å². The average Bonchev–Trinajstić information content (AvgIpc) is 3.10. The van der Waals surface area contributed by atoms with Gasteiger partial charge in [0.25, 0.3) is 5.56 Å². The maximum atomic E-state index is 13.7. The van der Waals surface area contributed by atoms with E-state index in [1.807, 2.05) is 25.1 Å². The lowest BCUT2D eigenvalue weighted by atomic mass is 9.96. The van der Waals surface area contributed by atoms with Gasteiger partial charge in [-0.15, -0.1) is 0 Å². The van der Waals surface area contributed by atoms with E-state index in [1.54, 1.807) is 45.2 Å². The largest absolute Gasteiger partial charge is 0.496 e. The van der Waals surface area contributed by atoms with Gasteiger partial charge >= 0.3 is 5.97 Å². The van der Waals surface area contributed by atoms with E-state index < -0.39 is 12.0 Å². The van der Waals surface area contributed by atoms with E-state index in [0.717, 1.165) is 16.9 Å². The molecule has 1 aromatic heterocycles. The van der Waals surface area contributed by atoms with E-state index >= 15 is 0 Å². The van der Waals surface area contributed by atoms with E-state index in [-0.39, 0.29) is 22.8 Å². The topological polar surface area (TPSA) is 69.9 Å². The number of fused-ring (bicyclic) bond motifs is 1.